The largest absolute Gasteiger partial charge is 0.399 e. The molecule has 6 heteroatoms. The van der Waals surface area contributed by atoms with Gasteiger partial charge in [-0.25, -0.2) is 8.42 Å². The van der Waals surface area contributed by atoms with Crippen molar-refractivity contribution < 1.29 is 8.42 Å². The molecule has 0 heterocycles. The molecule has 0 amide bonds. The van der Waals surface area contributed by atoms with Gasteiger partial charge in [0.05, 0.1) is 4.90 Å². The van der Waals surface area contributed by atoms with Crippen molar-refractivity contribution in [1.82, 2.24) is 0 Å². The molecule has 0 radical (unpaired) electrons. The van der Waals surface area contributed by atoms with Crippen LogP contribution in [0.2, 0.25) is 5.02 Å². The van der Waals surface area contributed by atoms with Crippen molar-refractivity contribution >= 4 is 33.0 Å². The number of nitrogens with one attached hydrogen (secondary N) is 1. The van der Waals surface area contributed by atoms with Crippen molar-refractivity contribution in [2.45, 2.75) is 18.7 Å². The second-order valence-electron chi connectivity index (χ2n) is 4.57. The summed E-state index contributed by atoms with van der Waals surface area (Å²) < 4.78 is 27.3. The predicted octanol–water partition coefficient (Wildman–Crippen LogP) is 3.34. The van der Waals surface area contributed by atoms with Gasteiger partial charge in [-0.2, -0.15) is 0 Å². The molecule has 2 aromatic rings. The molecule has 0 unspecified atom stereocenters. The standard InChI is InChI=1S/C14H15ClN2O2S/c1-9-7-12(16)8-14(10(9)2)20(18,19)17-13-5-3-11(15)4-6-13/h3-8,17H,16H2,1-2H3. The lowest BCUT2D eigenvalue weighted by Gasteiger charge is -2.13. The molecule has 4 nitrogen and oxygen atoms in total. The van der Waals surface area contributed by atoms with Crippen LogP contribution in [-0.2, 0) is 10.0 Å². The molecule has 0 aliphatic carbocycles. The van der Waals surface area contributed by atoms with E-state index in [9.17, 15) is 8.42 Å². The summed E-state index contributed by atoms with van der Waals surface area (Å²) in [5.41, 5.74) is 8.12. The first kappa shape index (κ1) is 14.7. The van der Waals surface area contributed by atoms with Gasteiger partial charge in [-0.1, -0.05) is 11.6 Å². The summed E-state index contributed by atoms with van der Waals surface area (Å²) >= 11 is 5.77. The topological polar surface area (TPSA) is 72.2 Å². The molecular weight excluding hydrogens is 296 g/mol. The van der Waals surface area contributed by atoms with Crippen LogP contribution in [0.15, 0.2) is 41.3 Å². The number of hydrogen-bond donors (Lipinski definition) is 2. The van der Waals surface area contributed by atoms with Crippen LogP contribution in [0.4, 0.5) is 11.4 Å². The number of nitrogens with two attached hydrogens (primary N) is 1. The lowest BCUT2D eigenvalue weighted by Crippen LogP contribution is -2.15. The minimum atomic E-state index is -3.67. The zero-order valence-corrected chi connectivity index (χ0v) is 12.7. The first-order valence-electron chi connectivity index (χ1n) is 5.95. The molecule has 0 saturated carbocycles. The average Bonchev–Trinajstić information content (AvgIpc) is 2.36. The zero-order chi connectivity index (χ0) is 14.9. The molecule has 0 saturated heterocycles. The number of anilines is 2. The van der Waals surface area contributed by atoms with E-state index in [-0.39, 0.29) is 4.90 Å². The van der Waals surface area contributed by atoms with Crippen LogP contribution < -0.4 is 10.5 Å². The number of aryl methyl sites for hydroxylation is 1. The van der Waals surface area contributed by atoms with E-state index < -0.39 is 10.0 Å². The molecule has 2 rings (SSSR count). The summed E-state index contributed by atoms with van der Waals surface area (Å²) in [4.78, 5) is 0.185. The van der Waals surface area contributed by atoms with Gasteiger partial charge < -0.3 is 5.73 Å². The van der Waals surface area contributed by atoms with E-state index in [4.69, 9.17) is 17.3 Å². The highest BCUT2D eigenvalue weighted by Gasteiger charge is 2.18. The van der Waals surface area contributed by atoms with Gasteiger partial charge in [0, 0.05) is 16.4 Å². The number of halogens is 1. The Labute approximate surface area is 123 Å². The average molecular weight is 311 g/mol. The Bertz CT molecular complexity index is 741. The summed E-state index contributed by atoms with van der Waals surface area (Å²) in [7, 11) is -3.67. The lowest BCUT2D eigenvalue weighted by atomic mass is 10.1. The van der Waals surface area contributed by atoms with Crippen LogP contribution in [0, 0.1) is 13.8 Å². The monoisotopic (exact) mass is 310 g/mol. The molecule has 0 bridgehead atoms. The Morgan fingerprint density at radius 3 is 2.30 bits per heavy atom. The predicted molar refractivity (Wildman–Crippen MR) is 82.6 cm³/mol. The third-order valence-electron chi connectivity index (χ3n) is 3.03. The van der Waals surface area contributed by atoms with Crippen LogP contribution in [0.25, 0.3) is 0 Å². The van der Waals surface area contributed by atoms with E-state index in [0.29, 0.717) is 22.0 Å². The third kappa shape index (κ3) is 3.05. The van der Waals surface area contributed by atoms with Crippen LogP contribution >= 0.6 is 11.6 Å². The maximum absolute atomic E-state index is 12.4. The van der Waals surface area contributed by atoms with Crippen molar-refractivity contribution in [3.05, 3.63) is 52.5 Å². The fraction of sp³-hybridized carbons (Fsp3) is 0.143. The summed E-state index contributed by atoms with van der Waals surface area (Å²) in [5.74, 6) is 0. The number of nitrogen functional groups attached to an aromatic ring is 1. The van der Waals surface area contributed by atoms with Crippen molar-refractivity contribution in [3.8, 4) is 0 Å². The van der Waals surface area contributed by atoms with Gasteiger partial charge in [-0.05, 0) is 61.4 Å². The highest BCUT2D eigenvalue weighted by molar-refractivity contribution is 7.92. The van der Waals surface area contributed by atoms with Crippen LogP contribution in [-0.4, -0.2) is 8.42 Å². The smallest absolute Gasteiger partial charge is 0.262 e. The van der Waals surface area contributed by atoms with E-state index in [0.717, 1.165) is 5.56 Å². The summed E-state index contributed by atoms with van der Waals surface area (Å²) in [6.45, 7) is 3.58. The summed E-state index contributed by atoms with van der Waals surface area (Å²) in [5, 5.41) is 0.545. The van der Waals surface area contributed by atoms with E-state index in [1.807, 2.05) is 6.92 Å². The Hall–Kier alpha value is -1.72. The van der Waals surface area contributed by atoms with Gasteiger partial charge in [0.2, 0.25) is 0 Å². The number of benzene rings is 2. The SMILES string of the molecule is Cc1cc(N)cc(S(=O)(=O)Nc2ccc(Cl)cc2)c1C. The Morgan fingerprint density at radius 1 is 1.10 bits per heavy atom. The number of hydrogen-bond acceptors (Lipinski definition) is 3. The molecule has 0 aliphatic rings. The molecule has 0 atom stereocenters. The van der Waals surface area contributed by atoms with Crippen molar-refractivity contribution in [3.63, 3.8) is 0 Å². The van der Waals surface area contributed by atoms with Gasteiger partial charge in [0.1, 0.15) is 0 Å². The molecule has 0 spiro atoms. The first-order valence-corrected chi connectivity index (χ1v) is 7.81. The lowest BCUT2D eigenvalue weighted by molar-refractivity contribution is 0.600. The summed E-state index contributed by atoms with van der Waals surface area (Å²) in [6.07, 6.45) is 0. The van der Waals surface area contributed by atoms with Crippen molar-refractivity contribution in [2.75, 3.05) is 10.5 Å². The van der Waals surface area contributed by atoms with Crippen LogP contribution in [0.1, 0.15) is 11.1 Å². The van der Waals surface area contributed by atoms with Crippen LogP contribution in [0.5, 0.6) is 0 Å². The highest BCUT2D eigenvalue weighted by Crippen LogP contribution is 2.25. The van der Waals surface area contributed by atoms with Crippen molar-refractivity contribution in [1.29, 1.82) is 0 Å². The Balaban J connectivity index is 2.43. The maximum Gasteiger partial charge on any atom is 0.262 e. The van der Waals surface area contributed by atoms with E-state index in [1.165, 1.54) is 6.07 Å². The minimum Gasteiger partial charge on any atom is -0.399 e. The molecule has 0 fully saturated rings. The van der Waals surface area contributed by atoms with Gasteiger partial charge >= 0.3 is 0 Å². The third-order valence-corrected chi connectivity index (χ3v) is 4.79. The second-order valence-corrected chi connectivity index (χ2v) is 6.66. The molecule has 20 heavy (non-hydrogen) atoms. The normalized spacial score (nSPS) is 11.3. The van der Waals surface area contributed by atoms with Gasteiger partial charge in [-0.3, -0.25) is 4.72 Å². The van der Waals surface area contributed by atoms with E-state index in [2.05, 4.69) is 4.72 Å². The van der Waals surface area contributed by atoms with Gasteiger partial charge in [-0.15, -0.1) is 0 Å². The van der Waals surface area contributed by atoms with E-state index in [1.54, 1.807) is 37.3 Å². The van der Waals surface area contributed by atoms with Crippen molar-refractivity contribution in [2.24, 2.45) is 0 Å². The maximum atomic E-state index is 12.4. The van der Waals surface area contributed by atoms with Crippen LogP contribution in [0.3, 0.4) is 0 Å². The summed E-state index contributed by atoms with van der Waals surface area (Å²) in [6, 6.07) is 9.66. The quantitative estimate of drug-likeness (QED) is 0.854. The molecule has 0 aliphatic heterocycles. The Morgan fingerprint density at radius 2 is 1.70 bits per heavy atom. The Kier molecular flexibility index (Phi) is 3.92. The fourth-order valence-corrected chi connectivity index (χ4v) is 3.40. The molecule has 2 aromatic carbocycles. The molecule has 106 valence electrons. The minimum absolute atomic E-state index is 0.185. The van der Waals surface area contributed by atoms with E-state index >= 15 is 0 Å². The molecule has 3 N–H and O–H groups in total. The zero-order valence-electron chi connectivity index (χ0n) is 11.1. The van der Waals surface area contributed by atoms with Gasteiger partial charge in [0.15, 0.2) is 0 Å². The molecule has 0 aromatic heterocycles. The second kappa shape index (κ2) is 5.34. The first-order chi connectivity index (χ1) is 9.29. The fourth-order valence-electron chi connectivity index (χ4n) is 1.86. The molecular formula is C14H15ClN2O2S. The van der Waals surface area contributed by atoms with Gasteiger partial charge in [0.25, 0.3) is 10.0 Å². The highest BCUT2D eigenvalue weighted by atomic mass is 35.5. The number of rotatable bonds is 3. The number of sulfonamides is 1.